The second-order valence-corrected chi connectivity index (χ2v) is 9.10. The van der Waals surface area contributed by atoms with Gasteiger partial charge in [0, 0.05) is 34.6 Å². The number of aryl methyl sites for hydroxylation is 3. The zero-order valence-electron chi connectivity index (χ0n) is 17.9. The maximum Gasteiger partial charge on any atom is 0.253 e. The molecule has 1 N–H and O–H groups in total. The number of aromatic nitrogens is 2. The molecule has 158 valence electrons. The van der Waals surface area contributed by atoms with Crippen molar-refractivity contribution in [1.29, 1.82) is 0 Å². The molecule has 6 nitrogen and oxygen atoms in total. The van der Waals surface area contributed by atoms with Crippen LogP contribution >= 0.6 is 23.1 Å². The van der Waals surface area contributed by atoms with Crippen LogP contribution in [0.25, 0.3) is 10.2 Å². The van der Waals surface area contributed by atoms with E-state index in [9.17, 15) is 9.59 Å². The van der Waals surface area contributed by atoms with Crippen molar-refractivity contribution in [3.8, 4) is 0 Å². The van der Waals surface area contributed by atoms with Crippen LogP contribution in [0, 0.1) is 20.8 Å². The Morgan fingerprint density at radius 1 is 1.13 bits per heavy atom. The highest BCUT2D eigenvalue weighted by atomic mass is 32.2. The Morgan fingerprint density at radius 3 is 2.57 bits per heavy atom. The average Bonchev–Trinajstić information content (AvgIpc) is 3.00. The van der Waals surface area contributed by atoms with Crippen LogP contribution in [0.4, 0.5) is 5.69 Å². The molecule has 0 saturated heterocycles. The van der Waals surface area contributed by atoms with E-state index in [-0.39, 0.29) is 17.6 Å². The van der Waals surface area contributed by atoms with Gasteiger partial charge in [-0.3, -0.25) is 9.59 Å². The Hall–Kier alpha value is -2.45. The summed E-state index contributed by atoms with van der Waals surface area (Å²) in [4.78, 5) is 38.1. The quantitative estimate of drug-likeness (QED) is 0.419. The molecule has 0 aliphatic carbocycles. The van der Waals surface area contributed by atoms with Crippen molar-refractivity contribution in [1.82, 2.24) is 14.9 Å². The third-order valence-electron chi connectivity index (χ3n) is 4.89. The first-order valence-electron chi connectivity index (χ1n) is 9.90. The third kappa shape index (κ3) is 4.82. The lowest BCUT2D eigenvalue weighted by Crippen LogP contribution is -2.30. The van der Waals surface area contributed by atoms with Gasteiger partial charge in [-0.15, -0.1) is 11.3 Å². The monoisotopic (exact) mass is 442 g/mol. The lowest BCUT2D eigenvalue weighted by molar-refractivity contribution is -0.113. The van der Waals surface area contributed by atoms with Crippen LogP contribution in [0.15, 0.2) is 29.3 Å². The summed E-state index contributed by atoms with van der Waals surface area (Å²) in [5, 5.41) is 4.76. The number of nitrogens with zero attached hydrogens (tertiary/aromatic N) is 3. The minimum absolute atomic E-state index is 0.0346. The van der Waals surface area contributed by atoms with Crippen molar-refractivity contribution in [3.05, 3.63) is 46.1 Å². The second kappa shape index (κ2) is 9.57. The van der Waals surface area contributed by atoms with Crippen molar-refractivity contribution >= 4 is 50.8 Å². The molecule has 2 aromatic heterocycles. The highest BCUT2D eigenvalue weighted by Crippen LogP contribution is 2.35. The van der Waals surface area contributed by atoms with E-state index in [4.69, 9.17) is 0 Å². The van der Waals surface area contributed by atoms with Crippen LogP contribution in [0.1, 0.15) is 40.5 Å². The summed E-state index contributed by atoms with van der Waals surface area (Å²) in [6.07, 6.45) is 0. The fourth-order valence-electron chi connectivity index (χ4n) is 3.17. The lowest BCUT2D eigenvalue weighted by Gasteiger charge is -2.19. The zero-order chi connectivity index (χ0) is 21.8. The summed E-state index contributed by atoms with van der Waals surface area (Å²) in [6, 6.07) is 7.07. The number of benzene rings is 1. The summed E-state index contributed by atoms with van der Waals surface area (Å²) < 4.78 is 0. The van der Waals surface area contributed by atoms with Crippen molar-refractivity contribution in [2.45, 2.75) is 39.6 Å². The number of thiophene rings is 1. The predicted molar refractivity (Wildman–Crippen MR) is 125 cm³/mol. The highest BCUT2D eigenvalue weighted by molar-refractivity contribution is 8.00. The number of hydrogen-bond donors (Lipinski definition) is 1. The fourth-order valence-corrected chi connectivity index (χ4v) is 5.24. The molecule has 2 amide bonds. The SMILES string of the molecule is CCN(CC)C(=O)c1cccc(NC(=O)CSc2nc(C)nc3sc(C)c(C)c23)c1. The number of anilines is 1. The van der Waals surface area contributed by atoms with Gasteiger partial charge in [0.25, 0.3) is 5.91 Å². The highest BCUT2D eigenvalue weighted by Gasteiger charge is 2.16. The summed E-state index contributed by atoms with van der Waals surface area (Å²) in [5.74, 6) is 0.761. The van der Waals surface area contributed by atoms with Gasteiger partial charge >= 0.3 is 0 Å². The first-order valence-corrected chi connectivity index (χ1v) is 11.7. The van der Waals surface area contributed by atoms with E-state index in [0.717, 1.165) is 15.2 Å². The van der Waals surface area contributed by atoms with Crippen LogP contribution < -0.4 is 5.32 Å². The van der Waals surface area contributed by atoms with E-state index in [1.165, 1.54) is 22.2 Å². The summed E-state index contributed by atoms with van der Waals surface area (Å²) in [6.45, 7) is 11.2. The van der Waals surface area contributed by atoms with Crippen LogP contribution in [0.3, 0.4) is 0 Å². The third-order valence-corrected chi connectivity index (χ3v) is 6.97. The van der Waals surface area contributed by atoms with Crippen LogP contribution in [0.5, 0.6) is 0 Å². The minimum atomic E-state index is -0.138. The van der Waals surface area contributed by atoms with Gasteiger partial charge in [0.2, 0.25) is 5.91 Å². The van der Waals surface area contributed by atoms with Gasteiger partial charge in [-0.05, 0) is 58.4 Å². The molecule has 0 aliphatic rings. The van der Waals surface area contributed by atoms with Crippen LogP contribution in [0.2, 0.25) is 0 Å². The minimum Gasteiger partial charge on any atom is -0.339 e. The van der Waals surface area contributed by atoms with E-state index >= 15 is 0 Å². The number of carbonyl (C=O) groups is 2. The standard InChI is InChI=1S/C22H26N4O2S2/c1-6-26(7-2)22(28)16-9-8-10-17(11-16)25-18(27)12-29-20-19-13(3)14(4)30-21(19)24-15(5)23-20/h8-11H,6-7,12H2,1-5H3,(H,25,27). The maximum atomic E-state index is 12.6. The average molecular weight is 443 g/mol. The molecule has 1 aromatic carbocycles. The van der Waals surface area contributed by atoms with Gasteiger partial charge in [-0.25, -0.2) is 9.97 Å². The number of amides is 2. The maximum absolute atomic E-state index is 12.6. The molecule has 0 fully saturated rings. The fraction of sp³-hybridized carbons (Fsp3) is 0.364. The van der Waals surface area contributed by atoms with Crippen molar-refractivity contribution in [2.24, 2.45) is 0 Å². The lowest BCUT2D eigenvalue weighted by atomic mass is 10.1. The topological polar surface area (TPSA) is 75.2 Å². The molecule has 8 heteroatoms. The first-order chi connectivity index (χ1) is 14.3. The normalized spacial score (nSPS) is 11.0. The van der Waals surface area contributed by atoms with Crippen LogP contribution in [-0.4, -0.2) is 45.5 Å². The zero-order valence-corrected chi connectivity index (χ0v) is 19.5. The second-order valence-electron chi connectivity index (χ2n) is 6.93. The summed E-state index contributed by atoms with van der Waals surface area (Å²) >= 11 is 3.06. The van der Waals surface area contributed by atoms with E-state index in [1.54, 1.807) is 40.5 Å². The molecule has 0 spiro atoms. The molecule has 0 bridgehead atoms. The van der Waals surface area contributed by atoms with E-state index in [0.29, 0.717) is 30.2 Å². The van der Waals surface area contributed by atoms with E-state index in [2.05, 4.69) is 29.1 Å². The van der Waals surface area contributed by atoms with E-state index in [1.807, 2.05) is 20.8 Å². The molecule has 0 atom stereocenters. The molecule has 3 rings (SSSR count). The Balaban J connectivity index is 1.71. The Morgan fingerprint density at radius 2 is 1.87 bits per heavy atom. The molecule has 2 heterocycles. The first kappa shape index (κ1) is 22.2. The molecule has 0 unspecified atom stereocenters. The number of hydrogen-bond acceptors (Lipinski definition) is 6. The number of nitrogens with one attached hydrogen (secondary N) is 1. The summed E-state index contributed by atoms with van der Waals surface area (Å²) in [7, 11) is 0. The Bertz CT molecular complexity index is 1090. The van der Waals surface area contributed by atoms with Gasteiger partial charge in [0.15, 0.2) is 0 Å². The number of thioether (sulfide) groups is 1. The molecule has 0 aliphatic heterocycles. The van der Waals surface area contributed by atoms with E-state index < -0.39 is 0 Å². The summed E-state index contributed by atoms with van der Waals surface area (Å²) in [5.41, 5.74) is 2.35. The van der Waals surface area contributed by atoms with Crippen molar-refractivity contribution in [2.75, 3.05) is 24.2 Å². The van der Waals surface area contributed by atoms with Crippen LogP contribution in [-0.2, 0) is 4.79 Å². The Kier molecular flexibility index (Phi) is 7.10. The molecule has 30 heavy (non-hydrogen) atoms. The van der Waals surface area contributed by atoms with Gasteiger partial charge in [-0.2, -0.15) is 0 Å². The Labute approximate surface area is 185 Å². The largest absolute Gasteiger partial charge is 0.339 e. The van der Waals surface area contributed by atoms with Crippen molar-refractivity contribution in [3.63, 3.8) is 0 Å². The van der Waals surface area contributed by atoms with Gasteiger partial charge in [0.1, 0.15) is 15.7 Å². The smallest absolute Gasteiger partial charge is 0.253 e. The van der Waals surface area contributed by atoms with Gasteiger partial charge in [-0.1, -0.05) is 17.8 Å². The number of carbonyl (C=O) groups excluding carboxylic acids is 2. The predicted octanol–water partition coefficient (Wildman–Crippen LogP) is 4.83. The molecule has 3 aromatic rings. The molecular formula is C22H26N4O2S2. The van der Waals surface area contributed by atoms with Gasteiger partial charge in [0.05, 0.1) is 5.75 Å². The van der Waals surface area contributed by atoms with Gasteiger partial charge < -0.3 is 10.2 Å². The molecular weight excluding hydrogens is 416 g/mol. The molecule has 0 radical (unpaired) electrons. The number of rotatable bonds is 7. The molecule has 0 saturated carbocycles. The van der Waals surface area contributed by atoms with Crippen molar-refractivity contribution < 1.29 is 9.59 Å². The number of fused-ring (bicyclic) bond motifs is 1.